The van der Waals surface area contributed by atoms with E-state index < -0.39 is 5.91 Å². The Morgan fingerprint density at radius 2 is 1.85 bits per heavy atom. The molecule has 1 heterocycles. The largest absolute Gasteiger partial charge is 0.493 e. The van der Waals surface area contributed by atoms with Gasteiger partial charge in [0.1, 0.15) is 0 Å². The number of nitrogens with zero attached hydrogens (tertiary/aromatic N) is 1. The molecule has 0 saturated carbocycles. The van der Waals surface area contributed by atoms with Gasteiger partial charge in [0, 0.05) is 23.1 Å². The third kappa shape index (κ3) is 5.45. The molecule has 0 unspecified atom stereocenters. The molecule has 0 spiro atoms. The SMILES string of the molecule is COc1ccc(NC(=O)c2ccccc2CSc2nc3ccccc3[nH]2)cc1OCC(N)=O. The fourth-order valence-electron chi connectivity index (χ4n) is 3.23. The number of H-pyrrole nitrogens is 1. The van der Waals surface area contributed by atoms with Gasteiger partial charge in [-0.1, -0.05) is 42.1 Å². The van der Waals surface area contributed by atoms with E-state index in [0.29, 0.717) is 28.5 Å². The summed E-state index contributed by atoms with van der Waals surface area (Å²) in [6.07, 6.45) is 0. The highest BCUT2D eigenvalue weighted by atomic mass is 32.2. The fourth-order valence-corrected chi connectivity index (χ4v) is 4.12. The van der Waals surface area contributed by atoms with Crippen LogP contribution in [0.1, 0.15) is 15.9 Å². The summed E-state index contributed by atoms with van der Waals surface area (Å²) >= 11 is 1.53. The van der Waals surface area contributed by atoms with Crippen molar-refractivity contribution in [1.82, 2.24) is 9.97 Å². The Bertz CT molecular complexity index is 1270. The van der Waals surface area contributed by atoms with Gasteiger partial charge in [0.2, 0.25) is 0 Å². The first-order chi connectivity index (χ1) is 16.0. The Kier molecular flexibility index (Phi) is 6.80. The second-order valence-corrected chi connectivity index (χ2v) is 8.04. The van der Waals surface area contributed by atoms with Gasteiger partial charge in [0.25, 0.3) is 11.8 Å². The summed E-state index contributed by atoms with van der Waals surface area (Å²) in [5.41, 5.74) is 8.95. The molecular formula is C24H22N4O4S. The summed E-state index contributed by atoms with van der Waals surface area (Å²) in [5.74, 6) is 0.433. The second-order valence-electron chi connectivity index (χ2n) is 7.08. The van der Waals surface area contributed by atoms with Crippen LogP contribution in [0.4, 0.5) is 5.69 Å². The fraction of sp³-hybridized carbons (Fsp3) is 0.125. The van der Waals surface area contributed by atoms with E-state index in [1.165, 1.54) is 18.9 Å². The summed E-state index contributed by atoms with van der Waals surface area (Å²) in [6, 6.07) is 20.2. The van der Waals surface area contributed by atoms with Crippen LogP contribution < -0.4 is 20.5 Å². The highest BCUT2D eigenvalue weighted by molar-refractivity contribution is 7.98. The number of nitrogens with one attached hydrogen (secondary N) is 2. The number of fused-ring (bicyclic) bond motifs is 1. The minimum Gasteiger partial charge on any atom is -0.493 e. The normalized spacial score (nSPS) is 10.7. The van der Waals surface area contributed by atoms with Crippen LogP contribution in [0.5, 0.6) is 11.5 Å². The Hall–Kier alpha value is -3.98. The maximum Gasteiger partial charge on any atom is 0.255 e. The van der Waals surface area contributed by atoms with E-state index in [1.54, 1.807) is 24.3 Å². The number of carbonyl (C=O) groups excluding carboxylic acids is 2. The topological polar surface area (TPSA) is 119 Å². The van der Waals surface area contributed by atoms with Crippen molar-refractivity contribution in [3.05, 3.63) is 77.9 Å². The number of aromatic amines is 1. The van der Waals surface area contributed by atoms with Gasteiger partial charge >= 0.3 is 0 Å². The number of methoxy groups -OCH3 is 1. The summed E-state index contributed by atoms with van der Waals surface area (Å²) in [6.45, 7) is -0.296. The van der Waals surface area contributed by atoms with E-state index in [-0.39, 0.29) is 12.5 Å². The number of imidazole rings is 1. The predicted molar refractivity (Wildman–Crippen MR) is 128 cm³/mol. The molecule has 4 N–H and O–H groups in total. The summed E-state index contributed by atoms with van der Waals surface area (Å²) in [5, 5.41) is 3.66. The number of amides is 2. The maximum atomic E-state index is 13.0. The van der Waals surface area contributed by atoms with Crippen LogP contribution in [0.3, 0.4) is 0 Å². The number of para-hydroxylation sites is 2. The molecule has 8 nitrogen and oxygen atoms in total. The quantitative estimate of drug-likeness (QED) is 0.324. The van der Waals surface area contributed by atoms with Crippen molar-refractivity contribution in [2.45, 2.75) is 10.9 Å². The lowest BCUT2D eigenvalue weighted by Crippen LogP contribution is -2.20. The number of hydrogen-bond acceptors (Lipinski definition) is 6. The van der Waals surface area contributed by atoms with Crippen molar-refractivity contribution >= 4 is 40.3 Å². The minimum atomic E-state index is -0.609. The van der Waals surface area contributed by atoms with Gasteiger partial charge < -0.3 is 25.5 Å². The van der Waals surface area contributed by atoms with E-state index in [4.69, 9.17) is 15.2 Å². The summed E-state index contributed by atoms with van der Waals surface area (Å²) in [4.78, 5) is 31.9. The molecule has 168 valence electrons. The smallest absolute Gasteiger partial charge is 0.255 e. The Labute approximate surface area is 194 Å². The first-order valence-electron chi connectivity index (χ1n) is 10.1. The van der Waals surface area contributed by atoms with Crippen molar-refractivity contribution in [2.24, 2.45) is 5.73 Å². The van der Waals surface area contributed by atoms with E-state index >= 15 is 0 Å². The van der Waals surface area contributed by atoms with E-state index in [2.05, 4.69) is 15.3 Å². The number of primary amides is 1. The summed E-state index contributed by atoms with van der Waals surface area (Å²) < 4.78 is 10.6. The number of carbonyl (C=O) groups is 2. The molecule has 0 bridgehead atoms. The molecule has 1 aromatic heterocycles. The molecule has 0 radical (unpaired) electrons. The number of nitrogens with two attached hydrogens (primary N) is 1. The van der Waals surface area contributed by atoms with Crippen LogP contribution in [-0.4, -0.2) is 35.5 Å². The molecule has 0 aliphatic rings. The number of benzene rings is 3. The number of ether oxygens (including phenoxy) is 2. The van der Waals surface area contributed by atoms with E-state index in [9.17, 15) is 9.59 Å². The molecular weight excluding hydrogens is 440 g/mol. The first-order valence-corrected chi connectivity index (χ1v) is 11.1. The Morgan fingerprint density at radius 3 is 2.64 bits per heavy atom. The lowest BCUT2D eigenvalue weighted by molar-refractivity contribution is -0.119. The second kappa shape index (κ2) is 10.1. The van der Waals surface area contributed by atoms with Crippen molar-refractivity contribution in [3.63, 3.8) is 0 Å². The van der Waals surface area contributed by atoms with Gasteiger partial charge in [-0.15, -0.1) is 0 Å². The minimum absolute atomic E-state index is 0.262. The van der Waals surface area contributed by atoms with Crippen molar-refractivity contribution in [2.75, 3.05) is 19.0 Å². The monoisotopic (exact) mass is 462 g/mol. The van der Waals surface area contributed by atoms with Gasteiger partial charge in [0.05, 0.1) is 18.1 Å². The van der Waals surface area contributed by atoms with Gasteiger partial charge in [-0.25, -0.2) is 4.98 Å². The highest BCUT2D eigenvalue weighted by Gasteiger charge is 2.14. The lowest BCUT2D eigenvalue weighted by Gasteiger charge is -2.13. The van der Waals surface area contributed by atoms with Crippen LogP contribution in [0.15, 0.2) is 71.9 Å². The van der Waals surface area contributed by atoms with Crippen LogP contribution in [0.2, 0.25) is 0 Å². The molecule has 4 aromatic rings. The van der Waals surface area contributed by atoms with Crippen molar-refractivity contribution < 1.29 is 19.1 Å². The van der Waals surface area contributed by atoms with E-state index in [0.717, 1.165) is 21.8 Å². The molecule has 0 aliphatic heterocycles. The number of rotatable bonds is 9. The zero-order chi connectivity index (χ0) is 23.2. The average molecular weight is 463 g/mol. The molecule has 3 aromatic carbocycles. The number of aromatic nitrogens is 2. The van der Waals surface area contributed by atoms with Crippen molar-refractivity contribution in [1.29, 1.82) is 0 Å². The van der Waals surface area contributed by atoms with Crippen LogP contribution in [0, 0.1) is 0 Å². The third-order valence-electron chi connectivity index (χ3n) is 4.79. The van der Waals surface area contributed by atoms with Gasteiger partial charge in [-0.05, 0) is 35.9 Å². The average Bonchev–Trinajstić information content (AvgIpc) is 3.25. The molecule has 9 heteroatoms. The Balaban J connectivity index is 1.48. The molecule has 4 rings (SSSR count). The van der Waals surface area contributed by atoms with Gasteiger partial charge in [0.15, 0.2) is 23.3 Å². The number of anilines is 1. The predicted octanol–water partition coefficient (Wildman–Crippen LogP) is 3.98. The molecule has 2 amide bonds. The molecule has 0 aliphatic carbocycles. The zero-order valence-corrected chi connectivity index (χ0v) is 18.6. The Morgan fingerprint density at radius 1 is 1.06 bits per heavy atom. The standard InChI is InChI=1S/C24H22N4O4S/c1-31-20-11-10-16(12-21(20)32-13-22(25)29)26-23(30)17-7-3-2-6-15(17)14-33-24-27-18-8-4-5-9-19(18)28-24/h2-12H,13-14H2,1H3,(H2,25,29)(H,26,30)(H,27,28). The summed E-state index contributed by atoms with van der Waals surface area (Å²) in [7, 11) is 1.49. The van der Waals surface area contributed by atoms with Crippen LogP contribution in [0.25, 0.3) is 11.0 Å². The van der Waals surface area contributed by atoms with Crippen molar-refractivity contribution in [3.8, 4) is 11.5 Å². The molecule has 0 fully saturated rings. The number of thioether (sulfide) groups is 1. The molecule has 33 heavy (non-hydrogen) atoms. The molecule has 0 saturated heterocycles. The number of hydrogen-bond donors (Lipinski definition) is 3. The first kappa shape index (κ1) is 22.2. The molecule has 0 atom stereocenters. The zero-order valence-electron chi connectivity index (χ0n) is 17.8. The van der Waals surface area contributed by atoms with Gasteiger partial charge in [-0.2, -0.15) is 0 Å². The van der Waals surface area contributed by atoms with E-state index in [1.807, 2.05) is 42.5 Å². The highest BCUT2D eigenvalue weighted by Crippen LogP contribution is 2.31. The lowest BCUT2D eigenvalue weighted by atomic mass is 10.1. The maximum absolute atomic E-state index is 13.0. The van der Waals surface area contributed by atoms with Crippen LogP contribution >= 0.6 is 11.8 Å². The van der Waals surface area contributed by atoms with Crippen LogP contribution in [-0.2, 0) is 10.5 Å². The third-order valence-corrected chi connectivity index (χ3v) is 5.71. The van der Waals surface area contributed by atoms with Gasteiger partial charge in [-0.3, -0.25) is 9.59 Å².